The molecular formula is C24H17Cl4F3N2O4. The SMILES string of the molecule is O=Cc1ncccc1-c1cc(C(F)(F)F)cnc1OCCCOc1c(Cl)cc(OCC=C(Cl)Cl)cc1Cl. The molecule has 0 atom stereocenters. The smallest absolute Gasteiger partial charge is 0.417 e. The number of carbonyl (C=O) groups excluding carboxylic acids is 1. The first-order chi connectivity index (χ1) is 17.6. The first kappa shape index (κ1) is 28.8. The van der Waals surface area contributed by atoms with Crippen LogP contribution in [0.25, 0.3) is 11.1 Å². The lowest BCUT2D eigenvalue weighted by molar-refractivity contribution is -0.137. The Bertz CT molecular complexity index is 1260. The van der Waals surface area contributed by atoms with Gasteiger partial charge in [-0.25, -0.2) is 4.98 Å². The minimum atomic E-state index is -4.63. The minimum Gasteiger partial charge on any atom is -0.490 e. The number of rotatable bonds is 11. The fourth-order valence-corrected chi connectivity index (χ4v) is 3.72. The summed E-state index contributed by atoms with van der Waals surface area (Å²) in [5.41, 5.74) is -0.891. The fourth-order valence-electron chi connectivity index (χ4n) is 3.02. The Morgan fingerprint density at radius 3 is 2.32 bits per heavy atom. The lowest BCUT2D eigenvalue weighted by Gasteiger charge is -2.15. The van der Waals surface area contributed by atoms with Crippen LogP contribution >= 0.6 is 46.4 Å². The third-order valence-electron chi connectivity index (χ3n) is 4.65. The van der Waals surface area contributed by atoms with Crippen molar-refractivity contribution in [2.24, 2.45) is 0 Å². The maximum Gasteiger partial charge on any atom is 0.417 e. The van der Waals surface area contributed by atoms with E-state index in [1.165, 1.54) is 36.5 Å². The second-order valence-electron chi connectivity index (χ2n) is 7.20. The zero-order valence-electron chi connectivity index (χ0n) is 18.7. The van der Waals surface area contributed by atoms with Gasteiger partial charge in [-0.1, -0.05) is 52.5 Å². The van der Waals surface area contributed by atoms with Crippen LogP contribution in [0.15, 0.2) is 53.3 Å². The van der Waals surface area contributed by atoms with Gasteiger partial charge in [0.05, 0.1) is 28.8 Å². The summed E-state index contributed by atoms with van der Waals surface area (Å²) in [5, 5.41) is 0.406. The molecule has 0 radical (unpaired) electrons. The third-order valence-corrected chi connectivity index (χ3v) is 5.52. The van der Waals surface area contributed by atoms with Crippen molar-refractivity contribution in [3.8, 4) is 28.5 Å². The Balaban J connectivity index is 1.66. The number of hydrogen-bond donors (Lipinski definition) is 0. The predicted molar refractivity (Wildman–Crippen MR) is 135 cm³/mol. The summed E-state index contributed by atoms with van der Waals surface area (Å²) in [7, 11) is 0. The van der Waals surface area contributed by atoms with Gasteiger partial charge in [0.2, 0.25) is 5.88 Å². The number of halogens is 7. The van der Waals surface area contributed by atoms with Gasteiger partial charge in [-0.2, -0.15) is 13.2 Å². The molecule has 0 aliphatic carbocycles. The molecular weight excluding hydrogens is 579 g/mol. The number of hydrogen-bond acceptors (Lipinski definition) is 6. The van der Waals surface area contributed by atoms with Crippen molar-refractivity contribution in [1.82, 2.24) is 9.97 Å². The van der Waals surface area contributed by atoms with Gasteiger partial charge in [0.15, 0.2) is 12.0 Å². The van der Waals surface area contributed by atoms with E-state index in [0.717, 1.165) is 6.07 Å². The molecule has 0 saturated carbocycles. The highest BCUT2D eigenvalue weighted by molar-refractivity contribution is 6.55. The van der Waals surface area contributed by atoms with E-state index in [4.69, 9.17) is 60.6 Å². The van der Waals surface area contributed by atoms with Crippen LogP contribution in [0.3, 0.4) is 0 Å². The van der Waals surface area contributed by atoms with E-state index in [-0.39, 0.29) is 62.8 Å². The largest absolute Gasteiger partial charge is 0.490 e. The van der Waals surface area contributed by atoms with E-state index in [1.807, 2.05) is 0 Å². The Labute approximate surface area is 229 Å². The molecule has 0 spiro atoms. The topological polar surface area (TPSA) is 70.5 Å². The van der Waals surface area contributed by atoms with Crippen molar-refractivity contribution in [1.29, 1.82) is 0 Å². The van der Waals surface area contributed by atoms with Crippen LogP contribution in [0.2, 0.25) is 10.0 Å². The van der Waals surface area contributed by atoms with Gasteiger partial charge >= 0.3 is 6.18 Å². The van der Waals surface area contributed by atoms with Gasteiger partial charge in [0.25, 0.3) is 0 Å². The number of aldehydes is 1. The normalized spacial score (nSPS) is 11.1. The summed E-state index contributed by atoms with van der Waals surface area (Å²) in [4.78, 5) is 19.1. The van der Waals surface area contributed by atoms with Crippen LogP contribution in [-0.4, -0.2) is 36.1 Å². The standard InChI is InChI=1S/C24H17Cl4F3N2O4/c25-18-10-15(35-8-4-21(27)28)11-19(26)22(18)36-6-2-7-37-23-17(9-14(12-33-23)24(29,30)31)16-3-1-5-32-20(16)13-34/h1,3-5,9-13H,2,6-8H2. The monoisotopic (exact) mass is 594 g/mol. The molecule has 1 aromatic carbocycles. The highest BCUT2D eigenvalue weighted by Gasteiger charge is 2.32. The Morgan fingerprint density at radius 1 is 0.973 bits per heavy atom. The van der Waals surface area contributed by atoms with Crippen molar-refractivity contribution >= 4 is 52.7 Å². The average molecular weight is 596 g/mol. The zero-order valence-corrected chi connectivity index (χ0v) is 21.7. The lowest BCUT2D eigenvalue weighted by Crippen LogP contribution is -2.10. The van der Waals surface area contributed by atoms with Gasteiger partial charge in [-0.15, -0.1) is 0 Å². The number of carbonyl (C=O) groups is 1. The van der Waals surface area contributed by atoms with Gasteiger partial charge in [-0.3, -0.25) is 9.78 Å². The number of nitrogens with zero attached hydrogens (tertiary/aromatic N) is 2. The molecule has 37 heavy (non-hydrogen) atoms. The summed E-state index contributed by atoms with van der Waals surface area (Å²) in [5.74, 6) is 0.510. The molecule has 2 heterocycles. The van der Waals surface area contributed by atoms with Crippen LogP contribution in [0.5, 0.6) is 17.4 Å². The molecule has 0 bridgehead atoms. The van der Waals surface area contributed by atoms with E-state index in [0.29, 0.717) is 24.7 Å². The summed E-state index contributed by atoms with van der Waals surface area (Å²) in [6.07, 6.45) is -0.425. The Kier molecular flexibility index (Phi) is 10.3. The van der Waals surface area contributed by atoms with Crippen LogP contribution in [0.1, 0.15) is 22.5 Å². The number of alkyl halides is 3. The number of ether oxygens (including phenoxy) is 3. The maximum absolute atomic E-state index is 13.3. The molecule has 0 fully saturated rings. The van der Waals surface area contributed by atoms with Crippen LogP contribution in [0, 0.1) is 0 Å². The van der Waals surface area contributed by atoms with Crippen molar-refractivity contribution < 1.29 is 32.2 Å². The van der Waals surface area contributed by atoms with Crippen LogP contribution in [0.4, 0.5) is 13.2 Å². The Morgan fingerprint density at radius 2 is 1.68 bits per heavy atom. The lowest BCUT2D eigenvalue weighted by atomic mass is 10.0. The second kappa shape index (κ2) is 13.2. The van der Waals surface area contributed by atoms with Crippen molar-refractivity contribution in [3.05, 3.63) is 74.6 Å². The number of pyridine rings is 2. The summed E-state index contributed by atoms with van der Waals surface area (Å²) < 4.78 is 56.6. The molecule has 0 saturated heterocycles. The first-order valence-corrected chi connectivity index (χ1v) is 12.0. The molecule has 0 aliphatic rings. The molecule has 3 aromatic rings. The van der Waals surface area contributed by atoms with Gasteiger partial charge in [0.1, 0.15) is 22.5 Å². The third kappa shape index (κ3) is 8.13. The second-order valence-corrected chi connectivity index (χ2v) is 9.02. The maximum atomic E-state index is 13.3. The van der Waals surface area contributed by atoms with Crippen molar-refractivity contribution in [2.45, 2.75) is 12.6 Å². The fraction of sp³-hybridized carbons (Fsp3) is 0.208. The predicted octanol–water partition coefficient (Wildman–Crippen LogP) is 7.83. The highest BCUT2D eigenvalue weighted by atomic mass is 35.5. The quantitative estimate of drug-likeness (QED) is 0.166. The average Bonchev–Trinajstić information content (AvgIpc) is 2.84. The molecule has 0 aliphatic heterocycles. The minimum absolute atomic E-state index is 0.0158. The van der Waals surface area contributed by atoms with E-state index in [2.05, 4.69) is 9.97 Å². The first-order valence-electron chi connectivity index (χ1n) is 10.5. The van der Waals surface area contributed by atoms with Crippen LogP contribution < -0.4 is 14.2 Å². The van der Waals surface area contributed by atoms with Crippen molar-refractivity contribution in [3.63, 3.8) is 0 Å². The van der Waals surface area contributed by atoms with Gasteiger partial charge in [0, 0.05) is 42.1 Å². The Hall–Kier alpha value is -2.72. The van der Waals surface area contributed by atoms with Crippen molar-refractivity contribution in [2.75, 3.05) is 19.8 Å². The van der Waals surface area contributed by atoms with E-state index < -0.39 is 11.7 Å². The number of benzene rings is 1. The van der Waals surface area contributed by atoms with E-state index in [9.17, 15) is 18.0 Å². The molecule has 0 amide bonds. The van der Waals surface area contributed by atoms with Gasteiger partial charge in [-0.05, 0) is 18.2 Å². The number of aromatic nitrogens is 2. The van der Waals surface area contributed by atoms with E-state index >= 15 is 0 Å². The zero-order chi connectivity index (χ0) is 27.0. The summed E-state index contributed by atoms with van der Waals surface area (Å²) in [6, 6.07) is 6.83. The molecule has 3 rings (SSSR count). The van der Waals surface area contributed by atoms with Gasteiger partial charge < -0.3 is 14.2 Å². The molecule has 0 N–H and O–H groups in total. The molecule has 0 unspecified atom stereocenters. The molecule has 13 heteroatoms. The molecule has 196 valence electrons. The highest BCUT2D eigenvalue weighted by Crippen LogP contribution is 2.38. The van der Waals surface area contributed by atoms with Crippen LogP contribution in [-0.2, 0) is 6.18 Å². The summed E-state index contributed by atoms with van der Waals surface area (Å²) in [6.45, 7) is 0.260. The molecule has 6 nitrogen and oxygen atoms in total. The summed E-state index contributed by atoms with van der Waals surface area (Å²) >= 11 is 23.5. The molecule has 2 aromatic heterocycles. The van der Waals surface area contributed by atoms with E-state index in [1.54, 1.807) is 0 Å².